The molecule has 0 aromatic heterocycles. The van der Waals surface area contributed by atoms with Crippen molar-refractivity contribution in [1.29, 1.82) is 0 Å². The van der Waals surface area contributed by atoms with E-state index in [0.717, 1.165) is 11.3 Å². The Bertz CT molecular complexity index is 377. The van der Waals surface area contributed by atoms with Crippen molar-refractivity contribution < 1.29 is 4.79 Å². The molecule has 1 aromatic carbocycles. The molecule has 0 unspecified atom stereocenters. The highest BCUT2D eigenvalue weighted by Crippen LogP contribution is 2.17. The number of rotatable bonds is 2. The Morgan fingerprint density at radius 1 is 1.27 bits per heavy atom. The maximum atomic E-state index is 11.7. The number of carbonyl (C=O) groups excluding carboxylic acids is 1. The number of anilines is 1. The smallest absolute Gasteiger partial charge is 0.250 e. The number of carbonyl (C=O) groups is 1. The molecule has 1 rings (SSSR count). The summed E-state index contributed by atoms with van der Waals surface area (Å²) in [7, 11) is 1.74. The van der Waals surface area contributed by atoms with Gasteiger partial charge in [0.15, 0.2) is 0 Å². The lowest BCUT2D eigenvalue weighted by molar-refractivity contribution is -0.113. The number of likely N-dealkylation sites (N-methyl/N-ethyl adjacent to an activating group) is 1. The summed E-state index contributed by atoms with van der Waals surface area (Å²) in [6.45, 7) is 3.79. The van der Waals surface area contributed by atoms with Gasteiger partial charge in [0.25, 0.3) is 5.91 Å². The summed E-state index contributed by atoms with van der Waals surface area (Å²) in [4.78, 5) is 13.2. The minimum absolute atomic E-state index is 0.0303. The Hall–Kier alpha value is -1.28. The average molecular weight is 224 g/mol. The van der Waals surface area contributed by atoms with Crippen LogP contribution in [0.5, 0.6) is 0 Å². The molecule has 2 nitrogen and oxygen atoms in total. The third-order valence-corrected chi connectivity index (χ3v) is 2.21. The first kappa shape index (κ1) is 11.8. The second-order valence-corrected chi connectivity index (χ2v) is 4.03. The lowest BCUT2D eigenvalue weighted by atomic mass is 10.2. The van der Waals surface area contributed by atoms with Gasteiger partial charge in [-0.2, -0.15) is 0 Å². The van der Waals surface area contributed by atoms with Gasteiger partial charge in [-0.3, -0.25) is 4.79 Å². The lowest BCUT2D eigenvalue weighted by Gasteiger charge is -2.15. The molecule has 1 aromatic rings. The second kappa shape index (κ2) is 4.99. The van der Waals surface area contributed by atoms with Crippen molar-refractivity contribution in [3.05, 3.63) is 40.9 Å². The highest BCUT2D eigenvalue weighted by Gasteiger charge is 2.07. The van der Waals surface area contributed by atoms with E-state index in [1.54, 1.807) is 30.2 Å². The molecule has 3 heteroatoms. The number of allylic oxidation sites excluding steroid dienone is 1. The summed E-state index contributed by atoms with van der Waals surface area (Å²) >= 11 is 5.76. The van der Waals surface area contributed by atoms with Gasteiger partial charge in [-0.1, -0.05) is 17.2 Å². The minimum atomic E-state index is -0.0303. The molecule has 0 atom stereocenters. The third kappa shape index (κ3) is 3.40. The summed E-state index contributed by atoms with van der Waals surface area (Å²) < 4.78 is 0. The molecule has 0 bridgehead atoms. The van der Waals surface area contributed by atoms with Crippen molar-refractivity contribution in [3.8, 4) is 0 Å². The molecule has 0 N–H and O–H groups in total. The lowest BCUT2D eigenvalue weighted by Crippen LogP contribution is -2.24. The van der Waals surface area contributed by atoms with E-state index in [0.29, 0.717) is 5.02 Å². The number of amides is 1. The van der Waals surface area contributed by atoms with Crippen LogP contribution in [-0.4, -0.2) is 13.0 Å². The molecule has 0 fully saturated rings. The first-order valence-corrected chi connectivity index (χ1v) is 5.06. The van der Waals surface area contributed by atoms with E-state index in [-0.39, 0.29) is 5.91 Å². The predicted octanol–water partition coefficient (Wildman–Crippen LogP) is 3.27. The highest BCUT2D eigenvalue weighted by atomic mass is 35.5. The van der Waals surface area contributed by atoms with E-state index >= 15 is 0 Å². The van der Waals surface area contributed by atoms with Gasteiger partial charge in [0.05, 0.1) is 0 Å². The second-order valence-electron chi connectivity index (χ2n) is 3.60. The van der Waals surface area contributed by atoms with Gasteiger partial charge in [-0.05, 0) is 38.1 Å². The van der Waals surface area contributed by atoms with Crippen molar-refractivity contribution in [3.63, 3.8) is 0 Å². The van der Waals surface area contributed by atoms with Crippen LogP contribution in [0.4, 0.5) is 5.69 Å². The standard InChI is InChI=1S/C12H14ClNO/c1-9(2)8-12(15)14(3)11-6-4-10(13)5-7-11/h4-8H,1-3H3. The van der Waals surface area contributed by atoms with E-state index < -0.39 is 0 Å². The average Bonchev–Trinajstić information content (AvgIpc) is 2.17. The highest BCUT2D eigenvalue weighted by molar-refractivity contribution is 6.30. The topological polar surface area (TPSA) is 20.3 Å². The van der Waals surface area contributed by atoms with Crippen LogP contribution in [0.25, 0.3) is 0 Å². The Balaban J connectivity index is 2.85. The van der Waals surface area contributed by atoms with Crippen LogP contribution < -0.4 is 4.90 Å². The summed E-state index contributed by atoms with van der Waals surface area (Å²) in [5.41, 5.74) is 1.82. The van der Waals surface area contributed by atoms with Gasteiger partial charge >= 0.3 is 0 Å². The van der Waals surface area contributed by atoms with Crippen LogP contribution in [0, 0.1) is 0 Å². The van der Waals surface area contributed by atoms with Crippen LogP contribution in [0.2, 0.25) is 5.02 Å². The zero-order valence-electron chi connectivity index (χ0n) is 9.12. The normalized spacial score (nSPS) is 9.60. The maximum absolute atomic E-state index is 11.7. The van der Waals surface area contributed by atoms with Crippen molar-refractivity contribution in [2.24, 2.45) is 0 Å². The molecule has 0 aliphatic heterocycles. The first-order valence-electron chi connectivity index (χ1n) is 4.69. The largest absolute Gasteiger partial charge is 0.312 e. The van der Waals surface area contributed by atoms with Crippen LogP contribution in [0.15, 0.2) is 35.9 Å². The molecule has 0 heterocycles. The molecule has 0 radical (unpaired) electrons. The maximum Gasteiger partial charge on any atom is 0.250 e. The monoisotopic (exact) mass is 223 g/mol. The molecule has 0 saturated carbocycles. The molecule has 0 aliphatic carbocycles. The number of benzene rings is 1. The van der Waals surface area contributed by atoms with Gasteiger partial charge in [0.1, 0.15) is 0 Å². The van der Waals surface area contributed by atoms with Crippen LogP contribution in [-0.2, 0) is 4.79 Å². The summed E-state index contributed by atoms with van der Waals surface area (Å²) in [5.74, 6) is -0.0303. The van der Waals surface area contributed by atoms with Crippen molar-refractivity contribution in [2.45, 2.75) is 13.8 Å². The van der Waals surface area contributed by atoms with Crippen molar-refractivity contribution in [2.75, 3.05) is 11.9 Å². The molecule has 0 saturated heterocycles. The summed E-state index contributed by atoms with van der Waals surface area (Å²) in [6.07, 6.45) is 1.61. The Labute approximate surface area is 95.2 Å². The third-order valence-electron chi connectivity index (χ3n) is 1.96. The van der Waals surface area contributed by atoms with E-state index in [2.05, 4.69) is 0 Å². The zero-order chi connectivity index (χ0) is 11.4. The minimum Gasteiger partial charge on any atom is -0.312 e. The van der Waals surface area contributed by atoms with E-state index in [9.17, 15) is 4.79 Å². The van der Waals surface area contributed by atoms with E-state index in [1.165, 1.54) is 0 Å². The SMILES string of the molecule is CC(C)=CC(=O)N(C)c1ccc(Cl)cc1. The summed E-state index contributed by atoms with van der Waals surface area (Å²) in [5, 5.41) is 0.668. The first-order chi connectivity index (χ1) is 7.00. The van der Waals surface area contributed by atoms with Crippen molar-refractivity contribution >= 4 is 23.2 Å². The number of hydrogen-bond acceptors (Lipinski definition) is 1. The van der Waals surface area contributed by atoms with Crippen LogP contribution >= 0.6 is 11.6 Å². The fourth-order valence-corrected chi connectivity index (χ4v) is 1.26. The Kier molecular flexibility index (Phi) is 3.92. The fourth-order valence-electron chi connectivity index (χ4n) is 1.14. The quantitative estimate of drug-likeness (QED) is 0.705. The molecule has 15 heavy (non-hydrogen) atoms. The predicted molar refractivity (Wildman–Crippen MR) is 64.3 cm³/mol. The van der Waals surface area contributed by atoms with E-state index in [4.69, 9.17) is 11.6 Å². The molecule has 0 aliphatic rings. The van der Waals surface area contributed by atoms with Gasteiger partial charge in [0.2, 0.25) is 0 Å². The number of nitrogens with zero attached hydrogens (tertiary/aromatic N) is 1. The van der Waals surface area contributed by atoms with Gasteiger partial charge in [-0.15, -0.1) is 0 Å². The fraction of sp³-hybridized carbons (Fsp3) is 0.250. The van der Waals surface area contributed by atoms with Crippen LogP contribution in [0.1, 0.15) is 13.8 Å². The molecule has 80 valence electrons. The van der Waals surface area contributed by atoms with Crippen LogP contribution in [0.3, 0.4) is 0 Å². The Morgan fingerprint density at radius 3 is 2.27 bits per heavy atom. The number of hydrogen-bond donors (Lipinski definition) is 0. The molecular formula is C12H14ClNO. The molecule has 0 spiro atoms. The number of halogens is 1. The van der Waals surface area contributed by atoms with Gasteiger partial charge in [-0.25, -0.2) is 0 Å². The van der Waals surface area contributed by atoms with Gasteiger partial charge < -0.3 is 4.90 Å². The van der Waals surface area contributed by atoms with E-state index in [1.807, 2.05) is 26.0 Å². The molecule has 1 amide bonds. The zero-order valence-corrected chi connectivity index (χ0v) is 9.88. The van der Waals surface area contributed by atoms with Crippen molar-refractivity contribution in [1.82, 2.24) is 0 Å². The Morgan fingerprint density at radius 2 is 1.80 bits per heavy atom. The molecular weight excluding hydrogens is 210 g/mol. The summed E-state index contributed by atoms with van der Waals surface area (Å²) in [6, 6.07) is 7.17. The van der Waals surface area contributed by atoms with Gasteiger partial charge in [0, 0.05) is 23.8 Å².